The summed E-state index contributed by atoms with van der Waals surface area (Å²) in [7, 11) is -2.01. The van der Waals surface area contributed by atoms with Gasteiger partial charge in [-0.2, -0.15) is 8.42 Å². The van der Waals surface area contributed by atoms with Gasteiger partial charge < -0.3 is 14.7 Å². The van der Waals surface area contributed by atoms with Gasteiger partial charge in [0.05, 0.1) is 12.4 Å². The van der Waals surface area contributed by atoms with E-state index in [1.54, 1.807) is 25.3 Å². The summed E-state index contributed by atoms with van der Waals surface area (Å²) in [6.45, 7) is 1.38. The fourth-order valence-electron chi connectivity index (χ4n) is 5.03. The van der Waals surface area contributed by atoms with E-state index in [9.17, 15) is 8.42 Å². The van der Waals surface area contributed by atoms with Gasteiger partial charge in [0.15, 0.2) is 11.5 Å². The second-order valence-electron chi connectivity index (χ2n) is 9.51. The maximum absolute atomic E-state index is 12.6. The predicted octanol–water partition coefficient (Wildman–Crippen LogP) is 3.91. The molecule has 0 radical (unpaired) electrons. The van der Waals surface area contributed by atoms with E-state index in [2.05, 4.69) is 6.07 Å². The van der Waals surface area contributed by atoms with Gasteiger partial charge in [-0.1, -0.05) is 42.5 Å². The molecule has 0 saturated heterocycles. The summed E-state index contributed by atoms with van der Waals surface area (Å²) in [6.07, 6.45) is 2.15. The first-order valence-electron chi connectivity index (χ1n) is 12.4. The molecule has 9 heteroatoms. The molecule has 2 heterocycles. The van der Waals surface area contributed by atoms with E-state index in [4.69, 9.17) is 24.6 Å². The third-order valence-electron chi connectivity index (χ3n) is 7.02. The lowest BCUT2D eigenvalue weighted by Gasteiger charge is -2.33. The van der Waals surface area contributed by atoms with Crippen molar-refractivity contribution in [1.82, 2.24) is 4.90 Å². The molecule has 0 spiro atoms. The Morgan fingerprint density at radius 3 is 2.38 bits per heavy atom. The van der Waals surface area contributed by atoms with Crippen LogP contribution in [0.15, 0.2) is 82.8 Å². The molecule has 1 aliphatic carbocycles. The van der Waals surface area contributed by atoms with Gasteiger partial charge in [0.25, 0.3) is 0 Å². The first-order chi connectivity index (χ1) is 17.9. The third-order valence-corrected chi connectivity index (χ3v) is 8.73. The van der Waals surface area contributed by atoms with E-state index in [0.29, 0.717) is 25.3 Å². The van der Waals surface area contributed by atoms with Crippen molar-refractivity contribution in [2.75, 3.05) is 20.2 Å². The fraction of sp³-hybridized carbons (Fsp3) is 0.286. The second-order valence-corrected chi connectivity index (χ2v) is 11.3. The molecule has 2 aliphatic heterocycles. The Labute approximate surface area is 216 Å². The summed E-state index contributed by atoms with van der Waals surface area (Å²) < 4.78 is 36.1. The summed E-state index contributed by atoms with van der Waals surface area (Å²) in [5.74, 6) is 2.16. The molecule has 3 aliphatic rings. The van der Waals surface area contributed by atoms with Crippen LogP contribution in [-0.2, 0) is 15.7 Å². The first kappa shape index (κ1) is 23.5. The normalized spacial score (nSPS) is 21.2. The van der Waals surface area contributed by atoms with Crippen LogP contribution in [0.5, 0.6) is 11.5 Å². The van der Waals surface area contributed by atoms with Gasteiger partial charge in [0.1, 0.15) is 17.3 Å². The molecular weight excluding hydrogens is 488 g/mol. The number of benzene rings is 3. The van der Waals surface area contributed by atoms with Crippen molar-refractivity contribution in [3.8, 4) is 22.6 Å². The van der Waals surface area contributed by atoms with Crippen LogP contribution in [0.2, 0.25) is 0 Å². The number of amidine groups is 1. The third kappa shape index (κ3) is 4.13. The Morgan fingerprint density at radius 2 is 1.62 bits per heavy atom. The van der Waals surface area contributed by atoms with Crippen LogP contribution in [0.3, 0.4) is 0 Å². The maximum atomic E-state index is 12.6. The number of nitrogens with two attached hydrogens (primary N) is 1. The molecule has 3 aromatic carbocycles. The molecule has 0 amide bonds. The molecular formula is C28H28N4O4S. The zero-order chi connectivity index (χ0) is 25.6. The van der Waals surface area contributed by atoms with Crippen molar-refractivity contribution in [3.05, 3.63) is 83.9 Å². The minimum atomic E-state index is -3.66. The minimum absolute atomic E-state index is 0.261. The average Bonchev–Trinajstić information content (AvgIpc) is 3.74. The predicted molar refractivity (Wildman–Crippen MR) is 143 cm³/mol. The van der Waals surface area contributed by atoms with Crippen molar-refractivity contribution < 1.29 is 17.3 Å². The average molecular weight is 517 g/mol. The Bertz CT molecular complexity index is 1530. The fourth-order valence-corrected chi connectivity index (χ4v) is 6.25. The number of guanidine groups is 1. The van der Waals surface area contributed by atoms with Crippen molar-refractivity contribution in [1.29, 1.82) is 0 Å². The number of hydrogen-bond donors (Lipinski definition) is 1. The molecule has 190 valence electrons. The van der Waals surface area contributed by atoms with Crippen LogP contribution < -0.4 is 14.7 Å². The maximum Gasteiger partial charge on any atom is 0.312 e. The standard InChI is InChI=1S/C28H28N4O4S/c1-35-23-10-3-7-20(17-23)19-6-2-8-21(16-19)28(26-30-14-5-15-32(26)27(29)31-28)22-9-4-11-24(18-22)36-37(33,34)25-12-13-25/h2-4,6-11,16-18,25H,5,12-15H2,1H3,(H2,29,31). The van der Waals surface area contributed by atoms with E-state index < -0.39 is 20.9 Å². The number of nitrogens with zero attached hydrogens (tertiary/aromatic N) is 3. The number of ether oxygens (including phenoxy) is 1. The largest absolute Gasteiger partial charge is 0.497 e. The van der Waals surface area contributed by atoms with Crippen molar-refractivity contribution >= 4 is 21.9 Å². The summed E-state index contributed by atoms with van der Waals surface area (Å²) >= 11 is 0. The number of rotatable bonds is 7. The summed E-state index contributed by atoms with van der Waals surface area (Å²) in [5.41, 5.74) is 9.03. The highest BCUT2D eigenvalue weighted by molar-refractivity contribution is 7.88. The highest BCUT2D eigenvalue weighted by atomic mass is 32.2. The number of fused-ring (bicyclic) bond motifs is 1. The van der Waals surface area contributed by atoms with Crippen LogP contribution in [0.25, 0.3) is 11.1 Å². The van der Waals surface area contributed by atoms with Crippen LogP contribution in [0, 0.1) is 0 Å². The van der Waals surface area contributed by atoms with Gasteiger partial charge in [-0.05, 0) is 71.8 Å². The first-order valence-corrected chi connectivity index (χ1v) is 13.8. The molecule has 0 aromatic heterocycles. The van der Waals surface area contributed by atoms with Gasteiger partial charge >= 0.3 is 10.1 Å². The lowest BCUT2D eigenvalue weighted by molar-refractivity contribution is 0.415. The van der Waals surface area contributed by atoms with Gasteiger partial charge in [0.2, 0.25) is 0 Å². The molecule has 3 aromatic rings. The highest BCUT2D eigenvalue weighted by Crippen LogP contribution is 2.44. The molecule has 1 atom stereocenters. The minimum Gasteiger partial charge on any atom is -0.497 e. The Hall–Kier alpha value is -3.85. The van der Waals surface area contributed by atoms with Crippen LogP contribution >= 0.6 is 0 Å². The van der Waals surface area contributed by atoms with E-state index in [1.165, 1.54) is 0 Å². The monoisotopic (exact) mass is 516 g/mol. The molecule has 1 unspecified atom stereocenters. The molecule has 6 rings (SSSR count). The van der Waals surface area contributed by atoms with Gasteiger partial charge in [-0.25, -0.2) is 4.99 Å². The molecule has 0 bridgehead atoms. The molecule has 1 saturated carbocycles. The lowest BCUT2D eigenvalue weighted by Crippen LogP contribution is -2.46. The lowest BCUT2D eigenvalue weighted by atomic mass is 9.81. The zero-order valence-electron chi connectivity index (χ0n) is 20.5. The summed E-state index contributed by atoms with van der Waals surface area (Å²) in [5, 5.41) is -0.428. The van der Waals surface area contributed by atoms with E-state index in [-0.39, 0.29) is 5.75 Å². The Morgan fingerprint density at radius 1 is 0.946 bits per heavy atom. The SMILES string of the molecule is COc1cccc(-c2cccc(C3(c4cccc(OS(=O)(=O)C5CC5)c4)N=C(N)N4CCCN=C43)c2)c1. The molecule has 1 fully saturated rings. The van der Waals surface area contributed by atoms with Crippen LogP contribution in [0.4, 0.5) is 0 Å². The van der Waals surface area contributed by atoms with Crippen LogP contribution in [-0.4, -0.2) is 50.6 Å². The van der Waals surface area contributed by atoms with E-state index in [0.717, 1.165) is 46.8 Å². The molecule has 8 nitrogen and oxygen atoms in total. The number of aliphatic imine (C=N–C) groups is 2. The van der Waals surface area contributed by atoms with E-state index >= 15 is 0 Å². The zero-order valence-corrected chi connectivity index (χ0v) is 21.3. The highest BCUT2D eigenvalue weighted by Gasteiger charge is 2.49. The van der Waals surface area contributed by atoms with Crippen molar-refractivity contribution in [2.45, 2.75) is 30.1 Å². The number of methoxy groups -OCH3 is 1. The summed E-state index contributed by atoms with van der Waals surface area (Å²) in [4.78, 5) is 11.9. The quantitative estimate of drug-likeness (QED) is 0.477. The van der Waals surface area contributed by atoms with Gasteiger partial charge in [-0.15, -0.1) is 0 Å². The smallest absolute Gasteiger partial charge is 0.312 e. The number of hydrogen-bond acceptors (Lipinski definition) is 8. The van der Waals surface area contributed by atoms with Crippen LogP contribution in [0.1, 0.15) is 30.4 Å². The molecule has 2 N–H and O–H groups in total. The van der Waals surface area contributed by atoms with Crippen molar-refractivity contribution in [3.63, 3.8) is 0 Å². The topological polar surface area (TPSA) is 107 Å². The van der Waals surface area contributed by atoms with Crippen molar-refractivity contribution in [2.24, 2.45) is 15.7 Å². The van der Waals surface area contributed by atoms with Gasteiger partial charge in [-0.3, -0.25) is 9.89 Å². The Balaban J connectivity index is 1.51. The molecule has 37 heavy (non-hydrogen) atoms. The summed E-state index contributed by atoms with van der Waals surface area (Å²) in [6, 6.07) is 23.1. The van der Waals surface area contributed by atoms with Gasteiger partial charge in [0, 0.05) is 13.1 Å². The van der Waals surface area contributed by atoms with E-state index in [1.807, 2.05) is 53.4 Å². The Kier molecular flexibility index (Phi) is 5.67. The second kappa shape index (κ2) is 8.92.